The summed E-state index contributed by atoms with van der Waals surface area (Å²) in [5, 5.41) is 0. The van der Waals surface area contributed by atoms with E-state index in [1.807, 2.05) is 0 Å². The van der Waals surface area contributed by atoms with Crippen LogP contribution in [0.3, 0.4) is 0 Å². The molecule has 0 heterocycles. The van der Waals surface area contributed by atoms with Gasteiger partial charge in [-0.3, -0.25) is 4.57 Å². The maximum absolute atomic E-state index is 10.0. The van der Waals surface area contributed by atoms with Crippen molar-refractivity contribution in [3.05, 3.63) is 0 Å². The summed E-state index contributed by atoms with van der Waals surface area (Å²) in [4.78, 5) is 16.4. The summed E-state index contributed by atoms with van der Waals surface area (Å²) in [6.45, 7) is 2.97. The average molecular weight is 423 g/mol. The van der Waals surface area contributed by atoms with Gasteiger partial charge in [0.05, 0.1) is 5.66 Å². The number of rotatable bonds is 1. The predicted molar refractivity (Wildman–Crippen MR) is 62.2 cm³/mol. The molecule has 0 saturated carbocycles. The molecule has 13 heavy (non-hydrogen) atoms. The first kappa shape index (κ1) is 17.8. The molecule has 3 nitrogen and oxygen atoms in total. The Labute approximate surface area is 96.2 Å². The number of halogens is 5. The molecule has 0 spiro atoms. The molecule has 0 rings (SSSR count). The third kappa shape index (κ3) is 31.4. The van der Waals surface area contributed by atoms with Gasteiger partial charge in [0.15, 0.2) is 0 Å². The molecule has 0 aromatic heterocycles. The Balaban J connectivity index is 0. The molecule has 0 unspecified atom stereocenters. The van der Waals surface area contributed by atoms with Gasteiger partial charge in [-0.2, -0.15) is 0 Å². The number of hydrogen-bond donors (Lipinski definition) is 2. The molecule has 0 aliphatic carbocycles. The second kappa shape index (κ2) is 5.66. The second-order valence-corrected chi connectivity index (χ2v) is 42.5. The zero-order valence-corrected chi connectivity index (χ0v) is 13.9. The summed E-state index contributed by atoms with van der Waals surface area (Å²) >= 11 is -4.33. The van der Waals surface area contributed by atoms with E-state index in [9.17, 15) is 4.57 Å². The molecule has 84 valence electrons. The Morgan fingerprint density at radius 1 is 1.08 bits per heavy atom. The fourth-order valence-corrected chi connectivity index (χ4v) is 0. The van der Waals surface area contributed by atoms with Crippen LogP contribution in [0.5, 0.6) is 0 Å². The zero-order chi connectivity index (χ0) is 11.5. The van der Waals surface area contributed by atoms with E-state index >= 15 is 0 Å². The van der Waals surface area contributed by atoms with Crippen molar-refractivity contribution in [2.75, 3.05) is 0 Å². The minimum atomic E-state index is -4.33. The SMILES string of the molecule is CC(C)P(=O)(O)O.[Cl][Sb]([Cl])([Cl])([Cl])[Cl]. The van der Waals surface area contributed by atoms with Crippen LogP contribution in [-0.2, 0) is 4.57 Å². The van der Waals surface area contributed by atoms with E-state index in [1.54, 1.807) is 0 Å². The Morgan fingerprint density at radius 3 is 1.15 bits per heavy atom. The van der Waals surface area contributed by atoms with Gasteiger partial charge in [0.2, 0.25) is 0 Å². The first-order valence-corrected chi connectivity index (χ1v) is 20.7. The van der Waals surface area contributed by atoms with Crippen molar-refractivity contribution in [3.63, 3.8) is 0 Å². The van der Waals surface area contributed by atoms with Gasteiger partial charge in [0.1, 0.15) is 0 Å². The van der Waals surface area contributed by atoms with Gasteiger partial charge in [-0.15, -0.1) is 0 Å². The minimum absolute atomic E-state index is 0.535. The molecular formula is C3H9Cl5O3PSb. The van der Waals surface area contributed by atoms with Crippen LogP contribution < -0.4 is 0 Å². The molecule has 0 amide bonds. The Hall–Kier alpha value is 2.42. The van der Waals surface area contributed by atoms with Gasteiger partial charge < -0.3 is 9.79 Å². The van der Waals surface area contributed by atoms with Crippen molar-refractivity contribution in [2.24, 2.45) is 0 Å². The molecule has 0 fully saturated rings. The van der Waals surface area contributed by atoms with Crippen LogP contribution in [0.2, 0.25) is 0 Å². The van der Waals surface area contributed by atoms with Crippen LogP contribution in [0.15, 0.2) is 0 Å². The van der Waals surface area contributed by atoms with Gasteiger partial charge >= 0.3 is 63.4 Å². The molecule has 0 aromatic rings. The van der Waals surface area contributed by atoms with Crippen LogP contribution in [0.1, 0.15) is 13.8 Å². The predicted octanol–water partition coefficient (Wildman–Crippen LogP) is 3.64. The summed E-state index contributed by atoms with van der Waals surface area (Å²) in [5.41, 5.74) is -0.535. The first-order valence-electron chi connectivity index (χ1n) is 2.84. The number of hydrogen-bond acceptors (Lipinski definition) is 1. The van der Waals surface area contributed by atoms with Crippen molar-refractivity contribution in [1.82, 2.24) is 0 Å². The van der Waals surface area contributed by atoms with Crippen molar-refractivity contribution in [3.8, 4) is 0 Å². The summed E-state index contributed by atoms with van der Waals surface area (Å²) in [7, 11) is 21.5. The molecule has 0 aliphatic heterocycles. The van der Waals surface area contributed by atoms with Crippen LogP contribution in [0, 0.1) is 0 Å². The maximum atomic E-state index is 10.0. The van der Waals surface area contributed by atoms with E-state index in [2.05, 4.69) is 0 Å². The van der Waals surface area contributed by atoms with Crippen LogP contribution >= 0.6 is 51.7 Å². The average Bonchev–Trinajstić information content (AvgIpc) is 1.52. The molecule has 0 bridgehead atoms. The summed E-state index contributed by atoms with van der Waals surface area (Å²) in [6.07, 6.45) is 0. The summed E-state index contributed by atoms with van der Waals surface area (Å²) in [6, 6.07) is 0. The fraction of sp³-hybridized carbons (Fsp3) is 1.00. The summed E-state index contributed by atoms with van der Waals surface area (Å²) < 4.78 is 10.0. The van der Waals surface area contributed by atoms with Gasteiger partial charge in [-0.1, -0.05) is 13.8 Å². The second-order valence-electron chi connectivity index (χ2n) is 2.32. The van der Waals surface area contributed by atoms with Crippen molar-refractivity contribution in [1.29, 1.82) is 0 Å². The molecular weight excluding hydrogens is 414 g/mol. The van der Waals surface area contributed by atoms with Gasteiger partial charge in [-0.05, 0) is 0 Å². The van der Waals surface area contributed by atoms with E-state index in [0.29, 0.717) is 0 Å². The van der Waals surface area contributed by atoms with Gasteiger partial charge in [0.25, 0.3) is 0 Å². The molecule has 0 atom stereocenters. The van der Waals surface area contributed by atoms with Crippen LogP contribution in [-0.4, -0.2) is 27.1 Å². The van der Waals surface area contributed by atoms with E-state index < -0.39 is 24.9 Å². The fourth-order valence-electron chi connectivity index (χ4n) is 0. The van der Waals surface area contributed by atoms with Gasteiger partial charge in [-0.25, -0.2) is 0 Å². The van der Waals surface area contributed by atoms with E-state index in [1.165, 1.54) is 13.8 Å². The topological polar surface area (TPSA) is 57.5 Å². The van der Waals surface area contributed by atoms with Crippen LogP contribution in [0.4, 0.5) is 0 Å². The standard InChI is InChI=1S/C3H9O3P.5ClH.Sb/c1-3(2)7(4,5)6;;;;;;/h3H,1-2H3,(H2,4,5,6);5*1H;/q;;;;;;+5/p-5. The Morgan fingerprint density at radius 2 is 1.15 bits per heavy atom. The molecule has 0 saturated heterocycles. The van der Waals surface area contributed by atoms with Crippen molar-refractivity contribution >= 4 is 63.4 Å². The van der Waals surface area contributed by atoms with E-state index in [4.69, 9.17) is 53.9 Å². The quantitative estimate of drug-likeness (QED) is 0.501. The monoisotopic (exact) mass is 420 g/mol. The third-order valence-corrected chi connectivity index (χ3v) is 2.02. The van der Waals surface area contributed by atoms with E-state index in [0.717, 1.165) is 0 Å². The Kier molecular flexibility index (Phi) is 7.75. The van der Waals surface area contributed by atoms with Crippen molar-refractivity contribution in [2.45, 2.75) is 19.5 Å². The van der Waals surface area contributed by atoms with Gasteiger partial charge in [0, 0.05) is 0 Å². The van der Waals surface area contributed by atoms with E-state index in [-0.39, 0.29) is 0 Å². The molecule has 10 heteroatoms. The first-order chi connectivity index (χ1) is 5.18. The Bertz CT molecular complexity index is 188. The van der Waals surface area contributed by atoms with Crippen LogP contribution in [0.25, 0.3) is 0 Å². The van der Waals surface area contributed by atoms with Crippen molar-refractivity contribution < 1.29 is 14.4 Å². The molecule has 2 N–H and O–H groups in total. The third-order valence-electron chi connectivity index (χ3n) is 0.673. The normalized spacial score (nSPS) is 15.7. The molecule has 0 aromatic carbocycles. The summed E-state index contributed by atoms with van der Waals surface area (Å²) in [5.74, 6) is 0. The zero-order valence-electron chi connectivity index (χ0n) is 6.66. The molecule has 0 aliphatic rings. The molecule has 0 radical (unpaired) electrons.